The Kier molecular flexibility index (Phi) is 2.14. The molecule has 0 aliphatic carbocycles. The van der Waals surface area contributed by atoms with Crippen LogP contribution in [0.15, 0.2) is 4.42 Å². The van der Waals surface area contributed by atoms with Gasteiger partial charge in [-0.15, -0.1) is 0 Å². The Morgan fingerprint density at radius 3 is 2.58 bits per heavy atom. The normalized spacial score (nSPS) is 12.9. The Morgan fingerprint density at radius 1 is 1.75 bits per heavy atom. The maximum absolute atomic E-state index is 10.4. The van der Waals surface area contributed by atoms with Crippen LogP contribution in [0.1, 0.15) is 35.1 Å². The Hall–Kier alpha value is -1.36. The first-order valence-electron chi connectivity index (χ1n) is 3.48. The zero-order valence-corrected chi connectivity index (χ0v) is 6.87. The van der Waals surface area contributed by atoms with Gasteiger partial charge >= 0.3 is 11.9 Å². The summed E-state index contributed by atoms with van der Waals surface area (Å²) in [5, 5.41) is 8.51. The highest BCUT2D eigenvalue weighted by molar-refractivity contribution is 5.82. The number of carbonyl (C=O) groups is 1. The molecule has 1 rings (SSSR count). The van der Waals surface area contributed by atoms with E-state index in [1.807, 2.05) is 0 Å². The number of nitrogens with two attached hydrogens (primary N) is 1. The SMILES string of the molecule is Cc1nc(C(=O)O)oc1C(C)N. The highest BCUT2D eigenvalue weighted by Gasteiger charge is 2.17. The van der Waals surface area contributed by atoms with E-state index in [4.69, 9.17) is 15.3 Å². The largest absolute Gasteiger partial charge is 0.474 e. The second-order valence-electron chi connectivity index (χ2n) is 2.56. The summed E-state index contributed by atoms with van der Waals surface area (Å²) in [5.41, 5.74) is 6.03. The molecule has 5 nitrogen and oxygen atoms in total. The van der Waals surface area contributed by atoms with Crippen LogP contribution in [0.4, 0.5) is 0 Å². The van der Waals surface area contributed by atoms with Crippen LogP contribution in [0.5, 0.6) is 0 Å². The van der Waals surface area contributed by atoms with Crippen LogP contribution in [0.2, 0.25) is 0 Å². The van der Waals surface area contributed by atoms with Crippen molar-refractivity contribution in [2.75, 3.05) is 0 Å². The number of rotatable bonds is 2. The highest BCUT2D eigenvalue weighted by atomic mass is 16.4. The second-order valence-corrected chi connectivity index (χ2v) is 2.56. The molecule has 0 radical (unpaired) electrons. The van der Waals surface area contributed by atoms with Gasteiger partial charge < -0.3 is 15.3 Å². The molecule has 1 heterocycles. The van der Waals surface area contributed by atoms with E-state index in [0.29, 0.717) is 11.5 Å². The van der Waals surface area contributed by atoms with Gasteiger partial charge in [0, 0.05) is 0 Å². The molecule has 0 amide bonds. The lowest BCUT2D eigenvalue weighted by Gasteiger charge is -1.98. The molecule has 0 fully saturated rings. The van der Waals surface area contributed by atoms with Crippen molar-refractivity contribution >= 4 is 5.97 Å². The number of aromatic nitrogens is 1. The molecule has 0 aliphatic heterocycles. The first-order valence-corrected chi connectivity index (χ1v) is 3.48. The van der Waals surface area contributed by atoms with Crippen molar-refractivity contribution in [1.82, 2.24) is 4.98 Å². The number of nitrogens with zero attached hydrogens (tertiary/aromatic N) is 1. The lowest BCUT2D eigenvalue weighted by Crippen LogP contribution is -2.04. The van der Waals surface area contributed by atoms with Gasteiger partial charge in [-0.2, -0.15) is 0 Å². The maximum Gasteiger partial charge on any atom is 0.392 e. The molecule has 1 aromatic rings. The first kappa shape index (κ1) is 8.73. The Labute approximate surface area is 69.2 Å². The van der Waals surface area contributed by atoms with E-state index < -0.39 is 5.97 Å². The van der Waals surface area contributed by atoms with Crippen LogP contribution in [0.3, 0.4) is 0 Å². The standard InChI is InChI=1S/C7H10N2O3/c1-3(8)5-4(2)9-6(12-5)7(10)11/h3H,8H2,1-2H3,(H,10,11). The fourth-order valence-corrected chi connectivity index (χ4v) is 0.922. The van der Waals surface area contributed by atoms with Gasteiger partial charge in [-0.1, -0.05) is 0 Å². The molecule has 0 aliphatic rings. The Bertz CT molecular complexity index is 304. The minimum absolute atomic E-state index is 0.306. The summed E-state index contributed by atoms with van der Waals surface area (Å²) in [6, 6.07) is -0.328. The maximum atomic E-state index is 10.4. The van der Waals surface area contributed by atoms with E-state index in [9.17, 15) is 4.79 Å². The van der Waals surface area contributed by atoms with E-state index in [1.54, 1.807) is 13.8 Å². The molecule has 1 aromatic heterocycles. The van der Waals surface area contributed by atoms with Crippen LogP contribution in [0.25, 0.3) is 0 Å². The summed E-state index contributed by atoms with van der Waals surface area (Å²) >= 11 is 0. The Morgan fingerprint density at radius 2 is 2.33 bits per heavy atom. The van der Waals surface area contributed by atoms with Crippen LogP contribution in [0, 0.1) is 6.92 Å². The third-order valence-electron chi connectivity index (χ3n) is 1.43. The number of hydrogen-bond donors (Lipinski definition) is 2. The van der Waals surface area contributed by atoms with Crippen molar-refractivity contribution in [1.29, 1.82) is 0 Å². The Balaban J connectivity index is 3.09. The van der Waals surface area contributed by atoms with Crippen molar-refractivity contribution in [3.8, 4) is 0 Å². The lowest BCUT2D eigenvalue weighted by molar-refractivity contribution is 0.0651. The van der Waals surface area contributed by atoms with E-state index in [-0.39, 0.29) is 11.9 Å². The quantitative estimate of drug-likeness (QED) is 0.681. The third kappa shape index (κ3) is 1.45. The number of aryl methyl sites for hydroxylation is 1. The topological polar surface area (TPSA) is 89.3 Å². The van der Waals surface area contributed by atoms with Crippen LogP contribution >= 0.6 is 0 Å². The van der Waals surface area contributed by atoms with Crippen molar-refractivity contribution in [3.63, 3.8) is 0 Å². The molecule has 5 heteroatoms. The van der Waals surface area contributed by atoms with Gasteiger partial charge in [-0.05, 0) is 13.8 Å². The van der Waals surface area contributed by atoms with Crippen LogP contribution < -0.4 is 5.73 Å². The lowest BCUT2D eigenvalue weighted by atomic mass is 10.2. The van der Waals surface area contributed by atoms with Gasteiger partial charge in [0.1, 0.15) is 5.76 Å². The summed E-state index contributed by atoms with van der Waals surface area (Å²) < 4.78 is 4.90. The minimum Gasteiger partial charge on any atom is -0.474 e. The van der Waals surface area contributed by atoms with Crippen molar-refractivity contribution < 1.29 is 14.3 Å². The van der Waals surface area contributed by atoms with Gasteiger partial charge in [0.05, 0.1) is 11.7 Å². The molecule has 0 aromatic carbocycles. The highest BCUT2D eigenvalue weighted by Crippen LogP contribution is 2.16. The van der Waals surface area contributed by atoms with Gasteiger partial charge in [0.2, 0.25) is 0 Å². The number of carboxylic acid groups (broad SMARTS) is 1. The predicted octanol–water partition coefficient (Wildman–Crippen LogP) is 0.701. The zero-order chi connectivity index (χ0) is 9.30. The average molecular weight is 170 g/mol. The zero-order valence-electron chi connectivity index (χ0n) is 6.87. The monoisotopic (exact) mass is 170 g/mol. The summed E-state index contributed by atoms with van der Waals surface area (Å²) in [5.74, 6) is -1.06. The van der Waals surface area contributed by atoms with E-state index in [1.165, 1.54) is 0 Å². The molecule has 1 unspecified atom stereocenters. The number of hydrogen-bond acceptors (Lipinski definition) is 4. The van der Waals surface area contributed by atoms with Crippen molar-refractivity contribution in [2.24, 2.45) is 5.73 Å². The van der Waals surface area contributed by atoms with Gasteiger partial charge in [0.25, 0.3) is 0 Å². The molecule has 66 valence electrons. The fraction of sp³-hybridized carbons (Fsp3) is 0.429. The molecule has 0 spiro atoms. The fourth-order valence-electron chi connectivity index (χ4n) is 0.922. The smallest absolute Gasteiger partial charge is 0.392 e. The van der Waals surface area contributed by atoms with Gasteiger partial charge in [0.15, 0.2) is 0 Å². The number of carboxylic acids is 1. The van der Waals surface area contributed by atoms with Crippen molar-refractivity contribution in [2.45, 2.75) is 19.9 Å². The van der Waals surface area contributed by atoms with Crippen molar-refractivity contribution in [3.05, 3.63) is 17.3 Å². The molecular formula is C7H10N2O3. The average Bonchev–Trinajstić information content (AvgIpc) is 2.30. The summed E-state index contributed by atoms with van der Waals surface area (Å²) in [6.07, 6.45) is 0. The van der Waals surface area contributed by atoms with E-state index >= 15 is 0 Å². The van der Waals surface area contributed by atoms with Crippen LogP contribution in [-0.2, 0) is 0 Å². The molecule has 0 saturated heterocycles. The molecule has 3 N–H and O–H groups in total. The van der Waals surface area contributed by atoms with E-state index in [0.717, 1.165) is 0 Å². The van der Waals surface area contributed by atoms with Crippen LogP contribution in [-0.4, -0.2) is 16.1 Å². The summed E-state index contributed by atoms with van der Waals surface area (Å²) in [7, 11) is 0. The van der Waals surface area contributed by atoms with Gasteiger partial charge in [-0.3, -0.25) is 0 Å². The third-order valence-corrected chi connectivity index (χ3v) is 1.43. The predicted molar refractivity (Wildman–Crippen MR) is 40.8 cm³/mol. The summed E-state index contributed by atoms with van der Waals surface area (Å²) in [4.78, 5) is 14.1. The van der Waals surface area contributed by atoms with Gasteiger partial charge in [-0.25, -0.2) is 9.78 Å². The molecule has 0 bridgehead atoms. The number of aromatic carboxylic acids is 1. The molecule has 12 heavy (non-hydrogen) atoms. The molecule has 0 saturated carbocycles. The van der Waals surface area contributed by atoms with E-state index in [2.05, 4.69) is 4.98 Å². The molecular weight excluding hydrogens is 160 g/mol. The number of oxazole rings is 1. The molecule has 1 atom stereocenters. The first-order chi connectivity index (χ1) is 5.52. The summed E-state index contributed by atoms with van der Waals surface area (Å²) in [6.45, 7) is 3.37. The second kappa shape index (κ2) is 2.94. The minimum atomic E-state index is -1.18.